The number of carbonyl (C=O) groups is 2. The smallest absolute Gasteiger partial charge is 0.305 e. The summed E-state index contributed by atoms with van der Waals surface area (Å²) < 4.78 is 5.49. The van der Waals surface area contributed by atoms with E-state index in [1.807, 2.05) is 6.08 Å². The Balaban J connectivity index is 3.35. The molecule has 74 heavy (non-hydrogen) atoms. The number of ether oxygens (including phenoxy) is 1. The number of carbonyl (C=O) groups excluding carboxylic acids is 2. The molecule has 6 heteroatoms. The van der Waals surface area contributed by atoms with Gasteiger partial charge < -0.3 is 20.3 Å². The molecule has 0 heterocycles. The number of aliphatic hydroxyl groups is 2. The van der Waals surface area contributed by atoms with Crippen molar-refractivity contribution in [2.24, 2.45) is 0 Å². The Morgan fingerprint density at radius 3 is 0.959 bits per heavy atom. The minimum Gasteiger partial charge on any atom is -0.466 e. The van der Waals surface area contributed by atoms with Crippen molar-refractivity contribution in [1.82, 2.24) is 5.32 Å². The standard InChI is InChI=1S/C68H131NO5/c1-3-5-7-9-11-13-15-17-19-34-38-42-46-50-54-58-62-68(73)74-63-59-55-51-47-43-39-35-32-30-28-26-24-22-20-21-23-25-27-29-31-33-37-41-45-49-53-57-61-67(72)69-65(64-70)66(71)60-56-52-48-44-40-36-18-16-14-12-10-8-6-4-2/h19,34,56,60,65-66,70-71H,3-18,20-33,35-55,57-59,61-64H2,1-2H3,(H,69,72)/b34-19-,60-56+. The number of allylic oxidation sites excluding steroid dienone is 3. The Hall–Kier alpha value is -1.66. The van der Waals surface area contributed by atoms with Gasteiger partial charge in [0, 0.05) is 12.8 Å². The number of nitrogens with one attached hydrogen (secondary N) is 1. The predicted molar refractivity (Wildman–Crippen MR) is 324 cm³/mol. The molecule has 0 bridgehead atoms. The van der Waals surface area contributed by atoms with Crippen LogP contribution in [0.4, 0.5) is 0 Å². The highest BCUT2D eigenvalue weighted by molar-refractivity contribution is 5.76. The van der Waals surface area contributed by atoms with Crippen LogP contribution < -0.4 is 5.32 Å². The van der Waals surface area contributed by atoms with Crippen LogP contribution in [0.25, 0.3) is 0 Å². The Morgan fingerprint density at radius 2 is 0.635 bits per heavy atom. The zero-order valence-electron chi connectivity index (χ0n) is 50.1. The molecule has 0 aliphatic rings. The van der Waals surface area contributed by atoms with E-state index in [2.05, 4.69) is 31.3 Å². The Morgan fingerprint density at radius 1 is 0.365 bits per heavy atom. The third-order valence-corrected chi connectivity index (χ3v) is 15.7. The van der Waals surface area contributed by atoms with Crippen LogP contribution >= 0.6 is 0 Å². The summed E-state index contributed by atoms with van der Waals surface area (Å²) in [6, 6.07) is -0.625. The van der Waals surface area contributed by atoms with Crippen LogP contribution in [-0.2, 0) is 14.3 Å². The predicted octanol–water partition coefficient (Wildman–Crippen LogP) is 21.4. The molecule has 0 aromatic carbocycles. The van der Waals surface area contributed by atoms with Crippen molar-refractivity contribution in [3.05, 3.63) is 24.3 Å². The SMILES string of the molecule is CCCCCCCCC/C=C\CCCCCCCC(=O)OCCCCCCCCCCCCCCCCCCCCCCCCCCCCCC(=O)NC(CO)C(O)/C=C/CCCCCCCCCCCCCC. The zero-order valence-corrected chi connectivity index (χ0v) is 50.1. The fraction of sp³-hybridized carbons (Fsp3) is 0.912. The molecule has 0 aliphatic heterocycles. The largest absolute Gasteiger partial charge is 0.466 e. The van der Waals surface area contributed by atoms with Gasteiger partial charge in [-0.05, 0) is 57.8 Å². The van der Waals surface area contributed by atoms with Crippen LogP contribution in [0.2, 0.25) is 0 Å². The number of amides is 1. The van der Waals surface area contributed by atoms with Crippen LogP contribution in [0.5, 0.6) is 0 Å². The van der Waals surface area contributed by atoms with E-state index in [-0.39, 0.29) is 18.5 Å². The molecule has 2 unspecified atom stereocenters. The van der Waals surface area contributed by atoms with Gasteiger partial charge in [0.15, 0.2) is 0 Å². The van der Waals surface area contributed by atoms with E-state index in [9.17, 15) is 19.8 Å². The van der Waals surface area contributed by atoms with Gasteiger partial charge in [0.2, 0.25) is 5.91 Å². The van der Waals surface area contributed by atoms with Gasteiger partial charge in [0.25, 0.3) is 0 Å². The van der Waals surface area contributed by atoms with Crippen molar-refractivity contribution in [1.29, 1.82) is 0 Å². The van der Waals surface area contributed by atoms with Crippen LogP contribution in [0.15, 0.2) is 24.3 Å². The highest BCUT2D eigenvalue weighted by Gasteiger charge is 2.18. The lowest BCUT2D eigenvalue weighted by molar-refractivity contribution is -0.143. The minimum absolute atomic E-state index is 0.0108. The van der Waals surface area contributed by atoms with E-state index in [1.54, 1.807) is 6.08 Å². The Bertz CT molecular complexity index is 1150. The van der Waals surface area contributed by atoms with Crippen molar-refractivity contribution in [2.75, 3.05) is 13.2 Å². The van der Waals surface area contributed by atoms with Crippen molar-refractivity contribution >= 4 is 11.9 Å². The third kappa shape index (κ3) is 59.6. The van der Waals surface area contributed by atoms with E-state index in [1.165, 1.54) is 302 Å². The van der Waals surface area contributed by atoms with Crippen molar-refractivity contribution in [3.63, 3.8) is 0 Å². The molecule has 3 N–H and O–H groups in total. The number of esters is 1. The lowest BCUT2D eigenvalue weighted by Crippen LogP contribution is -2.45. The molecule has 2 atom stereocenters. The number of aliphatic hydroxyl groups excluding tert-OH is 2. The highest BCUT2D eigenvalue weighted by Crippen LogP contribution is 2.18. The third-order valence-electron chi connectivity index (χ3n) is 15.7. The van der Waals surface area contributed by atoms with E-state index >= 15 is 0 Å². The summed E-state index contributed by atoms with van der Waals surface area (Å²) >= 11 is 0. The van der Waals surface area contributed by atoms with Gasteiger partial charge >= 0.3 is 5.97 Å². The van der Waals surface area contributed by atoms with Crippen LogP contribution in [0, 0.1) is 0 Å². The Kier molecular flexibility index (Phi) is 62.4. The summed E-state index contributed by atoms with van der Waals surface area (Å²) in [5.41, 5.74) is 0. The molecule has 1 amide bonds. The molecular formula is C68H131NO5. The van der Waals surface area contributed by atoms with Crippen LogP contribution in [-0.4, -0.2) is 47.4 Å². The molecule has 0 rings (SSSR count). The average Bonchev–Trinajstić information content (AvgIpc) is 3.40. The molecule has 0 saturated carbocycles. The molecule has 0 aromatic rings. The molecule has 6 nitrogen and oxygen atoms in total. The van der Waals surface area contributed by atoms with Gasteiger partial charge in [-0.2, -0.15) is 0 Å². The first-order valence-electron chi connectivity index (χ1n) is 33.6. The molecule has 0 aromatic heterocycles. The molecule has 0 saturated heterocycles. The second-order valence-electron chi connectivity index (χ2n) is 23.2. The van der Waals surface area contributed by atoms with Crippen molar-refractivity contribution in [2.45, 2.75) is 386 Å². The van der Waals surface area contributed by atoms with Crippen molar-refractivity contribution in [3.8, 4) is 0 Å². The minimum atomic E-state index is -0.842. The lowest BCUT2D eigenvalue weighted by atomic mass is 10.0. The van der Waals surface area contributed by atoms with E-state index < -0.39 is 12.1 Å². The van der Waals surface area contributed by atoms with Gasteiger partial charge in [-0.15, -0.1) is 0 Å². The fourth-order valence-corrected chi connectivity index (χ4v) is 10.6. The molecule has 438 valence electrons. The quantitative estimate of drug-likeness (QED) is 0.0320. The second kappa shape index (κ2) is 63.9. The van der Waals surface area contributed by atoms with Gasteiger partial charge in [-0.1, -0.05) is 327 Å². The maximum absolute atomic E-state index is 12.5. The first-order chi connectivity index (χ1) is 36.5. The molecule has 0 fully saturated rings. The van der Waals surface area contributed by atoms with Crippen LogP contribution in [0.1, 0.15) is 373 Å². The van der Waals surface area contributed by atoms with Gasteiger partial charge in [-0.3, -0.25) is 9.59 Å². The monoisotopic (exact) mass is 1040 g/mol. The van der Waals surface area contributed by atoms with Crippen LogP contribution in [0.3, 0.4) is 0 Å². The molecule has 0 radical (unpaired) electrons. The number of hydrogen-bond acceptors (Lipinski definition) is 5. The molecular weight excluding hydrogens is 911 g/mol. The van der Waals surface area contributed by atoms with E-state index in [0.717, 1.165) is 44.9 Å². The summed E-state index contributed by atoms with van der Waals surface area (Å²) in [5, 5.41) is 23.1. The normalized spacial score (nSPS) is 12.6. The van der Waals surface area contributed by atoms with E-state index in [0.29, 0.717) is 19.4 Å². The number of unbranched alkanes of at least 4 members (excludes halogenated alkanes) is 50. The Labute approximate surface area is 462 Å². The molecule has 0 aliphatic carbocycles. The summed E-state index contributed by atoms with van der Waals surface area (Å²) in [5.74, 6) is -0.0527. The average molecular weight is 1040 g/mol. The van der Waals surface area contributed by atoms with Gasteiger partial charge in [0.05, 0.1) is 25.4 Å². The number of hydrogen-bond donors (Lipinski definition) is 3. The lowest BCUT2D eigenvalue weighted by Gasteiger charge is -2.20. The van der Waals surface area contributed by atoms with E-state index in [4.69, 9.17) is 4.74 Å². The maximum Gasteiger partial charge on any atom is 0.305 e. The van der Waals surface area contributed by atoms with Crippen molar-refractivity contribution < 1.29 is 24.5 Å². The molecule has 0 spiro atoms. The van der Waals surface area contributed by atoms with Gasteiger partial charge in [-0.25, -0.2) is 0 Å². The highest BCUT2D eigenvalue weighted by atomic mass is 16.5. The summed E-state index contributed by atoms with van der Waals surface area (Å²) in [7, 11) is 0. The summed E-state index contributed by atoms with van der Waals surface area (Å²) in [6.07, 6.45) is 79.6. The first kappa shape index (κ1) is 72.3. The fourth-order valence-electron chi connectivity index (χ4n) is 10.6. The first-order valence-corrected chi connectivity index (χ1v) is 33.6. The van der Waals surface area contributed by atoms with Gasteiger partial charge in [0.1, 0.15) is 0 Å². The zero-order chi connectivity index (χ0) is 53.6. The second-order valence-corrected chi connectivity index (χ2v) is 23.2. The number of rotatable bonds is 63. The topological polar surface area (TPSA) is 95.9 Å². The summed E-state index contributed by atoms with van der Waals surface area (Å²) in [4.78, 5) is 24.5. The summed E-state index contributed by atoms with van der Waals surface area (Å²) in [6.45, 7) is 4.92. The maximum atomic E-state index is 12.5.